The molecule has 0 aromatic carbocycles. The molecule has 0 bridgehead atoms. The number of nitrogens with one attached hydrogen (secondary N) is 1. The quantitative estimate of drug-likeness (QED) is 0.765. The minimum atomic E-state index is -0.479. The summed E-state index contributed by atoms with van der Waals surface area (Å²) >= 11 is 0. The van der Waals surface area contributed by atoms with Gasteiger partial charge in [0.05, 0.1) is 30.6 Å². The third-order valence-electron chi connectivity index (χ3n) is 3.00. The number of pyridine rings is 1. The molecular formula is C13H18N4O3. The summed E-state index contributed by atoms with van der Waals surface area (Å²) in [7, 11) is 0. The molecule has 1 saturated heterocycles. The van der Waals surface area contributed by atoms with Gasteiger partial charge < -0.3 is 20.7 Å². The van der Waals surface area contributed by atoms with Crippen molar-refractivity contribution in [3.63, 3.8) is 0 Å². The zero-order valence-corrected chi connectivity index (χ0v) is 11.4. The highest BCUT2D eigenvalue weighted by Crippen LogP contribution is 2.19. The summed E-state index contributed by atoms with van der Waals surface area (Å²) in [6.07, 6.45) is 2.25. The number of aromatic nitrogens is 1. The summed E-state index contributed by atoms with van der Waals surface area (Å²) < 4.78 is 4.95. The van der Waals surface area contributed by atoms with Crippen molar-refractivity contribution >= 4 is 23.4 Å². The maximum Gasteiger partial charge on any atom is 0.340 e. The van der Waals surface area contributed by atoms with Crippen molar-refractivity contribution in [1.29, 1.82) is 0 Å². The fraction of sp³-hybridized carbons (Fsp3) is 0.462. The van der Waals surface area contributed by atoms with Gasteiger partial charge in [-0.3, -0.25) is 4.79 Å². The van der Waals surface area contributed by atoms with Crippen LogP contribution in [0.3, 0.4) is 0 Å². The number of carbonyl (C=O) groups is 2. The van der Waals surface area contributed by atoms with Crippen molar-refractivity contribution in [3.8, 4) is 0 Å². The Bertz CT molecular complexity index is 518. The molecule has 1 aliphatic heterocycles. The number of anilines is 2. The van der Waals surface area contributed by atoms with E-state index in [0.717, 1.165) is 6.42 Å². The Morgan fingerprint density at radius 2 is 2.40 bits per heavy atom. The van der Waals surface area contributed by atoms with Crippen LogP contribution in [0.2, 0.25) is 0 Å². The Kier molecular flexibility index (Phi) is 4.39. The molecular weight excluding hydrogens is 260 g/mol. The second-order valence-corrected chi connectivity index (χ2v) is 4.48. The largest absolute Gasteiger partial charge is 0.462 e. The monoisotopic (exact) mass is 278 g/mol. The van der Waals surface area contributed by atoms with Gasteiger partial charge in [-0.25, -0.2) is 9.78 Å². The Labute approximate surface area is 117 Å². The zero-order chi connectivity index (χ0) is 14.5. The maximum atomic E-state index is 11.8. The van der Waals surface area contributed by atoms with Crippen molar-refractivity contribution in [3.05, 3.63) is 17.8 Å². The number of esters is 1. The molecule has 0 aliphatic carbocycles. The van der Waals surface area contributed by atoms with Crippen LogP contribution in [0.1, 0.15) is 23.7 Å². The standard InChI is InChI=1S/C13H18N4O3/c1-2-20-13(19)9-6-11(16-7-10(9)14)17-5-3-4-15-12(18)8-17/h6-7H,2-5,8,14H2,1H3,(H,15,18). The van der Waals surface area contributed by atoms with E-state index in [9.17, 15) is 9.59 Å². The van der Waals surface area contributed by atoms with Crippen LogP contribution in [0.5, 0.6) is 0 Å². The number of nitrogen functional groups attached to an aromatic ring is 1. The van der Waals surface area contributed by atoms with Crippen molar-refractivity contribution in [2.24, 2.45) is 0 Å². The van der Waals surface area contributed by atoms with Gasteiger partial charge in [-0.05, 0) is 19.4 Å². The van der Waals surface area contributed by atoms with Crippen molar-refractivity contribution < 1.29 is 14.3 Å². The van der Waals surface area contributed by atoms with Crippen molar-refractivity contribution in [1.82, 2.24) is 10.3 Å². The highest BCUT2D eigenvalue weighted by Gasteiger charge is 2.19. The minimum absolute atomic E-state index is 0.0567. The highest BCUT2D eigenvalue weighted by molar-refractivity contribution is 5.96. The van der Waals surface area contributed by atoms with Gasteiger partial charge in [0, 0.05) is 13.1 Å². The Hall–Kier alpha value is -2.31. The van der Waals surface area contributed by atoms with E-state index < -0.39 is 5.97 Å². The van der Waals surface area contributed by atoms with Gasteiger partial charge in [-0.15, -0.1) is 0 Å². The van der Waals surface area contributed by atoms with Gasteiger partial charge in [0.2, 0.25) is 5.91 Å². The van der Waals surface area contributed by atoms with E-state index in [0.29, 0.717) is 18.9 Å². The molecule has 1 aromatic rings. The topological polar surface area (TPSA) is 97.5 Å². The van der Waals surface area contributed by atoms with E-state index in [1.54, 1.807) is 13.0 Å². The van der Waals surface area contributed by atoms with Gasteiger partial charge in [0.15, 0.2) is 0 Å². The summed E-state index contributed by atoms with van der Waals surface area (Å²) in [6.45, 7) is 3.57. The van der Waals surface area contributed by atoms with E-state index >= 15 is 0 Å². The second kappa shape index (κ2) is 6.23. The highest BCUT2D eigenvalue weighted by atomic mass is 16.5. The number of nitrogens with zero attached hydrogens (tertiary/aromatic N) is 2. The molecule has 0 saturated carbocycles. The molecule has 7 heteroatoms. The molecule has 1 aromatic heterocycles. The first-order valence-corrected chi connectivity index (χ1v) is 6.56. The predicted octanol–water partition coefficient (Wildman–Crippen LogP) is 0.167. The van der Waals surface area contributed by atoms with E-state index in [1.165, 1.54) is 6.20 Å². The molecule has 0 atom stereocenters. The van der Waals surface area contributed by atoms with Crippen LogP contribution in [-0.2, 0) is 9.53 Å². The Morgan fingerprint density at radius 3 is 3.15 bits per heavy atom. The molecule has 108 valence electrons. The Morgan fingerprint density at radius 1 is 1.60 bits per heavy atom. The van der Waals surface area contributed by atoms with E-state index in [4.69, 9.17) is 10.5 Å². The smallest absolute Gasteiger partial charge is 0.340 e. The fourth-order valence-corrected chi connectivity index (χ4v) is 2.02. The van der Waals surface area contributed by atoms with Gasteiger partial charge in [0.25, 0.3) is 0 Å². The molecule has 3 N–H and O–H groups in total. The fourth-order valence-electron chi connectivity index (χ4n) is 2.02. The van der Waals surface area contributed by atoms with Gasteiger partial charge in [-0.1, -0.05) is 0 Å². The Balaban J connectivity index is 2.25. The van der Waals surface area contributed by atoms with Gasteiger partial charge in [-0.2, -0.15) is 0 Å². The first-order chi connectivity index (χ1) is 9.61. The van der Waals surface area contributed by atoms with Crippen LogP contribution in [0.25, 0.3) is 0 Å². The predicted molar refractivity (Wildman–Crippen MR) is 74.4 cm³/mol. The third-order valence-corrected chi connectivity index (χ3v) is 3.00. The van der Waals surface area contributed by atoms with Crippen LogP contribution >= 0.6 is 0 Å². The second-order valence-electron chi connectivity index (χ2n) is 4.48. The first-order valence-electron chi connectivity index (χ1n) is 6.56. The van der Waals surface area contributed by atoms with E-state index in [2.05, 4.69) is 10.3 Å². The van der Waals surface area contributed by atoms with Gasteiger partial charge in [0.1, 0.15) is 5.82 Å². The lowest BCUT2D eigenvalue weighted by molar-refractivity contribution is -0.119. The number of amides is 1. The molecule has 2 heterocycles. The lowest BCUT2D eigenvalue weighted by atomic mass is 10.2. The number of hydrogen-bond donors (Lipinski definition) is 2. The van der Waals surface area contributed by atoms with Crippen LogP contribution in [0, 0.1) is 0 Å². The maximum absolute atomic E-state index is 11.8. The van der Waals surface area contributed by atoms with Crippen LogP contribution < -0.4 is 16.0 Å². The lowest BCUT2D eigenvalue weighted by Gasteiger charge is -2.20. The molecule has 2 rings (SSSR count). The minimum Gasteiger partial charge on any atom is -0.462 e. The normalized spacial score (nSPS) is 15.4. The summed E-state index contributed by atoms with van der Waals surface area (Å²) in [6, 6.07) is 1.58. The molecule has 1 fully saturated rings. The third kappa shape index (κ3) is 3.17. The van der Waals surface area contributed by atoms with E-state index in [1.807, 2.05) is 4.90 Å². The number of hydrogen-bond acceptors (Lipinski definition) is 6. The summed E-state index contributed by atoms with van der Waals surface area (Å²) in [4.78, 5) is 29.4. The van der Waals surface area contributed by atoms with Crippen molar-refractivity contribution in [2.45, 2.75) is 13.3 Å². The van der Waals surface area contributed by atoms with Crippen LogP contribution in [0.4, 0.5) is 11.5 Å². The zero-order valence-electron chi connectivity index (χ0n) is 11.4. The SMILES string of the molecule is CCOC(=O)c1cc(N2CCCNC(=O)C2)ncc1N. The molecule has 0 spiro atoms. The molecule has 1 amide bonds. The molecule has 20 heavy (non-hydrogen) atoms. The summed E-state index contributed by atoms with van der Waals surface area (Å²) in [5.74, 6) is 0.0195. The number of rotatable bonds is 3. The number of nitrogens with two attached hydrogens (primary N) is 1. The van der Waals surface area contributed by atoms with E-state index in [-0.39, 0.29) is 30.3 Å². The van der Waals surface area contributed by atoms with Crippen LogP contribution in [0.15, 0.2) is 12.3 Å². The molecule has 7 nitrogen and oxygen atoms in total. The van der Waals surface area contributed by atoms with Gasteiger partial charge >= 0.3 is 5.97 Å². The average Bonchev–Trinajstić information content (AvgIpc) is 2.64. The number of carbonyl (C=O) groups excluding carboxylic acids is 2. The lowest BCUT2D eigenvalue weighted by Crippen LogP contribution is -2.33. The molecule has 0 unspecified atom stereocenters. The number of ether oxygens (including phenoxy) is 1. The van der Waals surface area contributed by atoms with Crippen LogP contribution in [-0.4, -0.2) is 43.1 Å². The summed E-state index contributed by atoms with van der Waals surface area (Å²) in [5, 5.41) is 2.79. The van der Waals surface area contributed by atoms with Crippen molar-refractivity contribution in [2.75, 3.05) is 36.9 Å². The molecule has 0 radical (unpaired) electrons. The average molecular weight is 278 g/mol. The first kappa shape index (κ1) is 14.1. The summed E-state index contributed by atoms with van der Waals surface area (Å²) in [5.41, 5.74) is 6.30. The molecule has 1 aliphatic rings.